The molecular weight excluding hydrogens is 377 g/mol. The molecule has 6 nitrogen and oxygen atoms in total. The number of hydrogen-bond donors (Lipinski definition) is 1. The normalized spacial score (nSPS) is 20.4. The van der Waals surface area contributed by atoms with Crippen molar-refractivity contribution in [1.82, 2.24) is 10.2 Å². The standard InChI is InChI=1S/C18H21Cl2N3O3/c19-12-5-6-13(14(20)10-12)15-11-16(26-22-15)18(25)21-7-9-23-8-3-1-2-4-17(23)24/h5-6,10,16H,1-4,7-9,11H2,(H,21,25)/t16-/m0/s1. The van der Waals surface area contributed by atoms with Crippen LogP contribution >= 0.6 is 23.2 Å². The first-order valence-electron chi connectivity index (χ1n) is 8.78. The van der Waals surface area contributed by atoms with E-state index in [2.05, 4.69) is 10.5 Å². The maximum Gasteiger partial charge on any atom is 0.264 e. The summed E-state index contributed by atoms with van der Waals surface area (Å²) in [6.07, 6.45) is 3.30. The fourth-order valence-electron chi connectivity index (χ4n) is 3.10. The van der Waals surface area contributed by atoms with E-state index in [0.717, 1.165) is 25.8 Å². The highest BCUT2D eigenvalue weighted by Gasteiger charge is 2.29. The zero-order chi connectivity index (χ0) is 18.5. The molecule has 1 fully saturated rings. The predicted molar refractivity (Wildman–Crippen MR) is 101 cm³/mol. The molecule has 2 aliphatic rings. The fourth-order valence-corrected chi connectivity index (χ4v) is 3.62. The topological polar surface area (TPSA) is 71.0 Å². The van der Waals surface area contributed by atoms with Gasteiger partial charge >= 0.3 is 0 Å². The van der Waals surface area contributed by atoms with Crippen LogP contribution in [0.15, 0.2) is 23.4 Å². The Bertz CT molecular complexity index is 724. The summed E-state index contributed by atoms with van der Waals surface area (Å²) < 4.78 is 0. The Morgan fingerprint density at radius 3 is 2.96 bits per heavy atom. The minimum absolute atomic E-state index is 0.164. The average Bonchev–Trinajstić information content (AvgIpc) is 3.00. The van der Waals surface area contributed by atoms with Crippen LogP contribution in [0.5, 0.6) is 0 Å². The second kappa shape index (κ2) is 8.73. The average molecular weight is 398 g/mol. The highest BCUT2D eigenvalue weighted by Crippen LogP contribution is 2.26. The second-order valence-corrected chi connectivity index (χ2v) is 7.29. The molecule has 0 unspecified atom stereocenters. The van der Waals surface area contributed by atoms with Crippen molar-refractivity contribution in [3.63, 3.8) is 0 Å². The highest BCUT2D eigenvalue weighted by atomic mass is 35.5. The van der Waals surface area contributed by atoms with Gasteiger partial charge in [-0.25, -0.2) is 0 Å². The van der Waals surface area contributed by atoms with Gasteiger partial charge in [0.1, 0.15) is 0 Å². The lowest BCUT2D eigenvalue weighted by molar-refractivity contribution is -0.133. The quantitative estimate of drug-likeness (QED) is 0.829. The Kier molecular flexibility index (Phi) is 6.38. The van der Waals surface area contributed by atoms with Gasteiger partial charge < -0.3 is 15.1 Å². The number of nitrogens with zero attached hydrogens (tertiary/aromatic N) is 2. The van der Waals surface area contributed by atoms with Crippen LogP contribution in [-0.4, -0.2) is 48.2 Å². The first-order chi connectivity index (χ1) is 12.5. The van der Waals surface area contributed by atoms with Crippen LogP contribution in [0.3, 0.4) is 0 Å². The number of carbonyl (C=O) groups is 2. The molecule has 26 heavy (non-hydrogen) atoms. The first-order valence-corrected chi connectivity index (χ1v) is 9.54. The van der Waals surface area contributed by atoms with E-state index in [0.29, 0.717) is 47.3 Å². The largest absolute Gasteiger partial charge is 0.382 e. The van der Waals surface area contributed by atoms with Crippen LogP contribution in [0.1, 0.15) is 37.7 Å². The molecule has 1 aromatic carbocycles. The van der Waals surface area contributed by atoms with Crippen LogP contribution in [0.25, 0.3) is 0 Å². The monoisotopic (exact) mass is 397 g/mol. The zero-order valence-electron chi connectivity index (χ0n) is 14.3. The number of oxime groups is 1. The van der Waals surface area contributed by atoms with E-state index in [1.807, 2.05) is 4.90 Å². The predicted octanol–water partition coefficient (Wildman–Crippen LogP) is 3.01. The minimum atomic E-state index is -0.684. The van der Waals surface area contributed by atoms with Crippen molar-refractivity contribution in [2.45, 2.75) is 38.2 Å². The maximum atomic E-state index is 12.3. The number of benzene rings is 1. The fraction of sp³-hybridized carbons (Fsp3) is 0.500. The van der Waals surface area contributed by atoms with E-state index >= 15 is 0 Å². The lowest BCUT2D eigenvalue weighted by atomic mass is 10.0. The first kappa shape index (κ1) is 19.0. The minimum Gasteiger partial charge on any atom is -0.382 e. The Balaban J connectivity index is 1.47. The van der Waals surface area contributed by atoms with E-state index in [9.17, 15) is 9.59 Å². The molecule has 0 bridgehead atoms. The van der Waals surface area contributed by atoms with Gasteiger partial charge in [-0.15, -0.1) is 0 Å². The molecule has 0 saturated carbocycles. The molecule has 0 aromatic heterocycles. The van der Waals surface area contributed by atoms with E-state index < -0.39 is 6.10 Å². The highest BCUT2D eigenvalue weighted by molar-refractivity contribution is 6.37. The number of carbonyl (C=O) groups excluding carboxylic acids is 2. The van der Waals surface area contributed by atoms with Crippen LogP contribution < -0.4 is 5.32 Å². The summed E-state index contributed by atoms with van der Waals surface area (Å²) in [4.78, 5) is 31.3. The van der Waals surface area contributed by atoms with Gasteiger partial charge in [0, 0.05) is 43.1 Å². The van der Waals surface area contributed by atoms with Crippen molar-refractivity contribution in [2.75, 3.05) is 19.6 Å². The van der Waals surface area contributed by atoms with Gasteiger partial charge in [0.2, 0.25) is 12.0 Å². The van der Waals surface area contributed by atoms with Crippen molar-refractivity contribution in [2.24, 2.45) is 5.16 Å². The molecule has 0 radical (unpaired) electrons. The summed E-state index contributed by atoms with van der Waals surface area (Å²) >= 11 is 12.1. The summed E-state index contributed by atoms with van der Waals surface area (Å²) in [5.41, 5.74) is 1.33. The molecule has 8 heteroatoms. The molecule has 1 atom stereocenters. The van der Waals surface area contributed by atoms with Gasteiger partial charge in [-0.3, -0.25) is 9.59 Å². The van der Waals surface area contributed by atoms with Crippen molar-refractivity contribution in [1.29, 1.82) is 0 Å². The summed E-state index contributed by atoms with van der Waals surface area (Å²) in [6.45, 7) is 1.69. The van der Waals surface area contributed by atoms with Crippen LogP contribution in [-0.2, 0) is 14.4 Å². The van der Waals surface area contributed by atoms with Gasteiger partial charge in [-0.2, -0.15) is 0 Å². The molecule has 1 N–H and O–H groups in total. The molecule has 0 aliphatic carbocycles. The zero-order valence-corrected chi connectivity index (χ0v) is 15.9. The van der Waals surface area contributed by atoms with E-state index in [4.69, 9.17) is 28.0 Å². The van der Waals surface area contributed by atoms with Gasteiger partial charge in [0.15, 0.2) is 0 Å². The van der Waals surface area contributed by atoms with Crippen molar-refractivity contribution in [3.8, 4) is 0 Å². The number of nitrogens with one attached hydrogen (secondary N) is 1. The van der Waals surface area contributed by atoms with Gasteiger partial charge in [0.25, 0.3) is 5.91 Å². The van der Waals surface area contributed by atoms with Crippen LogP contribution in [0.2, 0.25) is 10.0 Å². The third-order valence-electron chi connectivity index (χ3n) is 4.56. The summed E-state index contributed by atoms with van der Waals surface area (Å²) in [5.74, 6) is -0.0760. The van der Waals surface area contributed by atoms with Gasteiger partial charge in [-0.05, 0) is 25.0 Å². The van der Waals surface area contributed by atoms with Gasteiger partial charge in [-0.1, -0.05) is 40.8 Å². The van der Waals surface area contributed by atoms with E-state index in [-0.39, 0.29) is 11.8 Å². The molecular formula is C18H21Cl2N3O3. The number of amides is 2. The summed E-state index contributed by atoms with van der Waals surface area (Å²) in [5, 5.41) is 7.82. The van der Waals surface area contributed by atoms with E-state index in [1.165, 1.54) is 0 Å². The molecule has 2 heterocycles. The molecule has 1 saturated heterocycles. The molecule has 2 aliphatic heterocycles. The smallest absolute Gasteiger partial charge is 0.264 e. The lowest BCUT2D eigenvalue weighted by Gasteiger charge is -2.20. The van der Waals surface area contributed by atoms with Crippen LogP contribution in [0, 0.1) is 0 Å². The van der Waals surface area contributed by atoms with Crippen molar-refractivity contribution < 1.29 is 14.4 Å². The Morgan fingerprint density at radius 1 is 1.31 bits per heavy atom. The SMILES string of the molecule is O=C(NCCN1CCCCCC1=O)[C@@H]1CC(c2ccc(Cl)cc2Cl)=NO1. The summed E-state index contributed by atoms with van der Waals surface area (Å²) in [7, 11) is 0. The molecule has 3 rings (SSSR count). The third-order valence-corrected chi connectivity index (χ3v) is 5.10. The van der Waals surface area contributed by atoms with Crippen molar-refractivity contribution in [3.05, 3.63) is 33.8 Å². The Morgan fingerprint density at radius 2 is 2.15 bits per heavy atom. The second-order valence-electron chi connectivity index (χ2n) is 6.44. The number of rotatable bonds is 5. The van der Waals surface area contributed by atoms with Gasteiger partial charge in [0.05, 0.1) is 10.7 Å². The number of halogens is 2. The molecule has 1 aromatic rings. The molecule has 140 valence electrons. The number of likely N-dealkylation sites (tertiary alicyclic amines) is 1. The molecule has 0 spiro atoms. The van der Waals surface area contributed by atoms with E-state index in [1.54, 1.807) is 18.2 Å². The molecule has 2 amide bonds. The number of hydrogen-bond acceptors (Lipinski definition) is 4. The maximum absolute atomic E-state index is 12.3. The van der Waals surface area contributed by atoms with Crippen molar-refractivity contribution >= 4 is 40.7 Å². The Hall–Kier alpha value is -1.79. The third kappa shape index (κ3) is 4.68. The van der Waals surface area contributed by atoms with Crippen LogP contribution in [0.4, 0.5) is 0 Å². The summed E-state index contributed by atoms with van der Waals surface area (Å²) in [6, 6.07) is 5.11. The lowest BCUT2D eigenvalue weighted by Crippen LogP contribution is -2.41. The Labute approximate surface area is 162 Å².